The van der Waals surface area contributed by atoms with Crippen LogP contribution in [0.25, 0.3) is 0 Å². The Morgan fingerprint density at radius 3 is 1.73 bits per heavy atom. The van der Waals surface area contributed by atoms with Gasteiger partial charge in [-0.05, 0) is 37.6 Å². The molecule has 0 aliphatic heterocycles. The molecule has 0 rings (SSSR count). The molecule has 0 fully saturated rings. The van der Waals surface area contributed by atoms with Crippen LogP contribution in [-0.4, -0.2) is 35.2 Å². The molecule has 0 amide bonds. The van der Waals surface area contributed by atoms with E-state index in [9.17, 15) is 4.79 Å². The summed E-state index contributed by atoms with van der Waals surface area (Å²) in [6, 6.07) is -0.170. The number of likely N-dealkylation sites (N-methyl/N-ethyl adjacent to an activating group) is 1. The highest BCUT2D eigenvalue weighted by atomic mass is 127. The molecule has 0 aromatic heterocycles. The predicted molar refractivity (Wildman–Crippen MR) is 61.2 cm³/mol. The van der Waals surface area contributed by atoms with E-state index in [-0.39, 0.29) is 23.7 Å². The molecule has 0 aromatic rings. The quantitative estimate of drug-likeness (QED) is 0.442. The van der Waals surface area contributed by atoms with Crippen molar-refractivity contribution in [2.24, 2.45) is 0 Å². The molecule has 0 spiro atoms. The molecule has 0 N–H and O–H groups in total. The first-order valence-corrected chi connectivity index (χ1v) is 5.33. The van der Waals surface area contributed by atoms with Gasteiger partial charge in [-0.2, -0.15) is 0 Å². The Kier molecular flexibility index (Phi) is 17.8. The lowest BCUT2D eigenvalue weighted by atomic mass is 10.4. The lowest BCUT2D eigenvalue weighted by Gasteiger charge is -2.13. The number of carbonyl (C=O) groups excluding carboxylic acids is 1. The predicted octanol–water partition coefficient (Wildman–Crippen LogP) is 2.17. The monoisotopic (exact) mass is 313 g/mol. The van der Waals surface area contributed by atoms with Crippen molar-refractivity contribution in [2.75, 3.05) is 19.0 Å². The van der Waals surface area contributed by atoms with Gasteiger partial charge >= 0.3 is 0 Å². The Hall–Kier alpha value is 0.940. The SMILES string of the molecule is CC(C(=O)Cl)N(C)C.CI.Cl. The van der Waals surface area contributed by atoms with E-state index in [0.717, 1.165) is 0 Å². The Labute approximate surface area is 93.2 Å². The topological polar surface area (TPSA) is 20.3 Å². The van der Waals surface area contributed by atoms with Gasteiger partial charge in [0.1, 0.15) is 0 Å². The van der Waals surface area contributed by atoms with Gasteiger partial charge in [0.15, 0.2) is 0 Å². The number of alkyl halides is 1. The second-order valence-electron chi connectivity index (χ2n) is 1.94. The fourth-order valence-corrected chi connectivity index (χ4v) is 0.398. The van der Waals surface area contributed by atoms with E-state index < -0.39 is 0 Å². The smallest absolute Gasteiger partial charge is 0.238 e. The molecule has 1 unspecified atom stereocenters. The van der Waals surface area contributed by atoms with E-state index in [2.05, 4.69) is 22.6 Å². The number of hydrogen-bond acceptors (Lipinski definition) is 2. The molecule has 2 nitrogen and oxygen atoms in total. The Balaban J connectivity index is -0.000000196. The molecule has 0 aliphatic rings. The molecule has 1 atom stereocenters. The lowest BCUT2D eigenvalue weighted by molar-refractivity contribution is -0.115. The van der Waals surface area contributed by atoms with Gasteiger partial charge in [-0.1, -0.05) is 22.6 Å². The van der Waals surface area contributed by atoms with Crippen LogP contribution in [0.5, 0.6) is 0 Å². The van der Waals surface area contributed by atoms with Crippen molar-refractivity contribution >= 4 is 51.8 Å². The van der Waals surface area contributed by atoms with Crippen LogP contribution >= 0.6 is 46.6 Å². The van der Waals surface area contributed by atoms with Gasteiger partial charge in [-0.15, -0.1) is 12.4 Å². The highest BCUT2D eigenvalue weighted by molar-refractivity contribution is 14.1. The van der Waals surface area contributed by atoms with Crippen LogP contribution in [0.4, 0.5) is 0 Å². The summed E-state index contributed by atoms with van der Waals surface area (Å²) in [5.41, 5.74) is 0. The summed E-state index contributed by atoms with van der Waals surface area (Å²) < 4.78 is 0. The normalized spacial score (nSPS) is 10.8. The summed E-state index contributed by atoms with van der Waals surface area (Å²) in [6.45, 7) is 1.76. The Morgan fingerprint density at radius 2 is 1.73 bits per heavy atom. The van der Waals surface area contributed by atoms with E-state index in [1.807, 2.05) is 19.0 Å². The fourth-order valence-electron chi connectivity index (χ4n) is 0.203. The first kappa shape index (κ1) is 17.9. The molecule has 70 valence electrons. The maximum atomic E-state index is 10.3. The molecule has 0 saturated carbocycles. The molecule has 0 heterocycles. The maximum Gasteiger partial charge on any atom is 0.238 e. The molecule has 0 bridgehead atoms. The van der Waals surface area contributed by atoms with E-state index in [1.54, 1.807) is 11.8 Å². The Bertz CT molecular complexity index is 101. The van der Waals surface area contributed by atoms with Crippen molar-refractivity contribution in [1.29, 1.82) is 0 Å². The van der Waals surface area contributed by atoms with Crippen molar-refractivity contribution in [3.8, 4) is 0 Å². The van der Waals surface area contributed by atoms with Crippen LogP contribution in [0.15, 0.2) is 0 Å². The van der Waals surface area contributed by atoms with Crippen molar-refractivity contribution < 1.29 is 4.79 Å². The minimum Gasteiger partial charge on any atom is -0.299 e. The molecule has 11 heavy (non-hydrogen) atoms. The molecule has 0 aliphatic carbocycles. The molecule has 5 heteroatoms. The third kappa shape index (κ3) is 10.9. The van der Waals surface area contributed by atoms with Gasteiger partial charge in [-0.25, -0.2) is 0 Å². The van der Waals surface area contributed by atoms with E-state index in [4.69, 9.17) is 11.6 Å². The third-order valence-electron chi connectivity index (χ3n) is 1.10. The highest BCUT2D eigenvalue weighted by Gasteiger charge is 2.10. The zero-order valence-corrected chi connectivity index (χ0v) is 10.8. The van der Waals surface area contributed by atoms with Crippen molar-refractivity contribution in [3.05, 3.63) is 0 Å². The van der Waals surface area contributed by atoms with Crippen molar-refractivity contribution in [2.45, 2.75) is 13.0 Å². The Morgan fingerprint density at radius 1 is 1.45 bits per heavy atom. The summed E-state index contributed by atoms with van der Waals surface area (Å²) in [5, 5.41) is -0.310. The first-order chi connectivity index (χ1) is 4.55. The summed E-state index contributed by atoms with van der Waals surface area (Å²) in [4.78, 5) is 14.0. The van der Waals surface area contributed by atoms with Gasteiger partial charge < -0.3 is 0 Å². The molecule has 0 saturated heterocycles. The number of carbonyl (C=O) groups is 1. The summed E-state index contributed by atoms with van der Waals surface area (Å²) in [5.74, 6) is 0. The molecular weight excluding hydrogens is 300 g/mol. The number of rotatable bonds is 2. The maximum absolute atomic E-state index is 10.3. The van der Waals surface area contributed by atoms with Crippen molar-refractivity contribution in [3.63, 3.8) is 0 Å². The second-order valence-corrected chi connectivity index (χ2v) is 2.32. The molecular formula is C6H14Cl2INO. The van der Waals surface area contributed by atoms with Crippen LogP contribution in [0, 0.1) is 0 Å². The zero-order chi connectivity index (χ0) is 8.73. The van der Waals surface area contributed by atoms with Crippen LogP contribution in [-0.2, 0) is 4.79 Å². The van der Waals surface area contributed by atoms with Crippen LogP contribution in [0.1, 0.15) is 6.92 Å². The van der Waals surface area contributed by atoms with Crippen LogP contribution < -0.4 is 0 Å². The number of halogens is 3. The van der Waals surface area contributed by atoms with Gasteiger partial charge in [0, 0.05) is 0 Å². The fraction of sp³-hybridized carbons (Fsp3) is 0.833. The average molecular weight is 314 g/mol. The minimum atomic E-state index is -0.310. The van der Waals surface area contributed by atoms with Crippen LogP contribution in [0.3, 0.4) is 0 Å². The second kappa shape index (κ2) is 10.9. The van der Waals surface area contributed by atoms with E-state index in [1.165, 1.54) is 0 Å². The summed E-state index contributed by atoms with van der Waals surface area (Å²) in [6.07, 6.45) is 0. The largest absolute Gasteiger partial charge is 0.299 e. The highest BCUT2D eigenvalue weighted by Crippen LogP contribution is 1.95. The third-order valence-corrected chi connectivity index (χ3v) is 1.42. The van der Waals surface area contributed by atoms with Gasteiger partial charge in [0.25, 0.3) is 0 Å². The minimum absolute atomic E-state index is 0. The number of hydrogen-bond donors (Lipinski definition) is 0. The molecule has 0 aromatic carbocycles. The zero-order valence-electron chi connectivity index (χ0n) is 7.10. The van der Waals surface area contributed by atoms with Crippen molar-refractivity contribution in [1.82, 2.24) is 4.90 Å². The van der Waals surface area contributed by atoms with Crippen LogP contribution in [0.2, 0.25) is 0 Å². The van der Waals surface area contributed by atoms with E-state index in [0.29, 0.717) is 0 Å². The standard InChI is InChI=1S/C5H10ClNO.CH3I.ClH/c1-4(5(6)8)7(2)3;1-2;/h4H,1-3H3;1H3;1H. The number of nitrogens with zero attached hydrogens (tertiary/aromatic N) is 1. The van der Waals surface area contributed by atoms with Gasteiger partial charge in [0.2, 0.25) is 5.24 Å². The summed E-state index contributed by atoms with van der Waals surface area (Å²) >= 11 is 7.29. The van der Waals surface area contributed by atoms with Gasteiger partial charge in [-0.3, -0.25) is 9.69 Å². The first-order valence-electron chi connectivity index (χ1n) is 2.79. The average Bonchev–Trinajstić information content (AvgIpc) is 1.90. The lowest BCUT2D eigenvalue weighted by Crippen LogP contribution is -2.29. The molecule has 0 radical (unpaired) electrons. The van der Waals surface area contributed by atoms with Gasteiger partial charge in [0.05, 0.1) is 6.04 Å². The summed E-state index contributed by atoms with van der Waals surface area (Å²) in [7, 11) is 3.62. The van der Waals surface area contributed by atoms with E-state index >= 15 is 0 Å².